The fourth-order valence-electron chi connectivity index (χ4n) is 2.64. The van der Waals surface area contributed by atoms with Gasteiger partial charge in [-0.2, -0.15) is 0 Å². The Morgan fingerprint density at radius 3 is 2.41 bits per heavy atom. The zero-order valence-electron chi connectivity index (χ0n) is 12.9. The van der Waals surface area contributed by atoms with Crippen molar-refractivity contribution in [2.24, 2.45) is 5.92 Å². The highest BCUT2D eigenvalue weighted by molar-refractivity contribution is 5.74. The minimum absolute atomic E-state index is 0.0960. The molecule has 1 saturated carbocycles. The van der Waals surface area contributed by atoms with E-state index in [1.165, 1.54) is 24.0 Å². The maximum atomic E-state index is 12.2. The van der Waals surface area contributed by atoms with Gasteiger partial charge >= 0.3 is 6.03 Å². The SMILES string of the molecule is Cc1ccc(CNC(=O)N[C@H](c2ccccc2)C2CC2)cc1. The lowest BCUT2D eigenvalue weighted by molar-refractivity contribution is 0.235. The van der Waals surface area contributed by atoms with Crippen molar-refractivity contribution in [3.05, 3.63) is 71.3 Å². The number of amides is 2. The Bertz CT molecular complexity index is 618. The molecule has 22 heavy (non-hydrogen) atoms. The van der Waals surface area contributed by atoms with E-state index in [0.717, 1.165) is 5.56 Å². The fourth-order valence-corrected chi connectivity index (χ4v) is 2.64. The van der Waals surface area contributed by atoms with Crippen molar-refractivity contribution in [2.45, 2.75) is 32.4 Å². The first-order valence-corrected chi connectivity index (χ1v) is 7.87. The second-order valence-electron chi connectivity index (χ2n) is 6.04. The van der Waals surface area contributed by atoms with Crippen molar-refractivity contribution in [1.29, 1.82) is 0 Å². The van der Waals surface area contributed by atoms with Crippen LogP contribution in [0, 0.1) is 12.8 Å². The molecule has 1 fully saturated rings. The molecule has 1 aliphatic rings. The summed E-state index contributed by atoms with van der Waals surface area (Å²) in [5.74, 6) is 0.576. The van der Waals surface area contributed by atoms with Crippen LogP contribution in [0.2, 0.25) is 0 Å². The van der Waals surface area contributed by atoms with Crippen molar-refractivity contribution in [3.63, 3.8) is 0 Å². The second kappa shape index (κ2) is 6.65. The number of carbonyl (C=O) groups excluding carboxylic acids is 1. The zero-order valence-corrected chi connectivity index (χ0v) is 12.9. The topological polar surface area (TPSA) is 41.1 Å². The van der Waals surface area contributed by atoms with Crippen molar-refractivity contribution in [3.8, 4) is 0 Å². The van der Waals surface area contributed by atoms with E-state index in [9.17, 15) is 4.79 Å². The molecule has 3 nitrogen and oxygen atoms in total. The van der Waals surface area contributed by atoms with Crippen LogP contribution in [-0.2, 0) is 6.54 Å². The van der Waals surface area contributed by atoms with E-state index in [1.807, 2.05) is 30.3 Å². The highest BCUT2D eigenvalue weighted by atomic mass is 16.2. The van der Waals surface area contributed by atoms with E-state index in [2.05, 4.69) is 41.8 Å². The Kier molecular flexibility index (Phi) is 4.42. The highest BCUT2D eigenvalue weighted by Crippen LogP contribution is 2.40. The molecule has 0 aromatic heterocycles. The van der Waals surface area contributed by atoms with Crippen LogP contribution in [-0.4, -0.2) is 6.03 Å². The molecule has 1 atom stereocenters. The number of benzene rings is 2. The summed E-state index contributed by atoms with van der Waals surface area (Å²) >= 11 is 0. The molecule has 2 aromatic rings. The number of rotatable bonds is 5. The fraction of sp³-hybridized carbons (Fsp3) is 0.316. The van der Waals surface area contributed by atoms with Crippen LogP contribution in [0.25, 0.3) is 0 Å². The highest BCUT2D eigenvalue weighted by Gasteiger charge is 2.33. The van der Waals surface area contributed by atoms with Crippen LogP contribution in [0.4, 0.5) is 4.79 Å². The van der Waals surface area contributed by atoms with Crippen LogP contribution in [0.5, 0.6) is 0 Å². The first-order chi connectivity index (χ1) is 10.7. The van der Waals surface area contributed by atoms with Crippen LogP contribution >= 0.6 is 0 Å². The smallest absolute Gasteiger partial charge is 0.315 e. The van der Waals surface area contributed by atoms with Gasteiger partial charge in [0, 0.05) is 6.54 Å². The number of hydrogen-bond donors (Lipinski definition) is 2. The minimum Gasteiger partial charge on any atom is -0.334 e. The number of nitrogens with one attached hydrogen (secondary N) is 2. The molecule has 0 unspecified atom stereocenters. The molecule has 0 saturated heterocycles. The molecule has 0 bridgehead atoms. The van der Waals surface area contributed by atoms with Gasteiger partial charge in [0.15, 0.2) is 0 Å². The average Bonchev–Trinajstić information content (AvgIpc) is 3.38. The summed E-state index contributed by atoms with van der Waals surface area (Å²) in [6, 6.07) is 18.5. The largest absolute Gasteiger partial charge is 0.334 e. The molecule has 0 heterocycles. The van der Waals surface area contributed by atoms with Crippen LogP contribution in [0.15, 0.2) is 54.6 Å². The quantitative estimate of drug-likeness (QED) is 0.861. The third kappa shape index (κ3) is 3.88. The molecule has 2 aromatic carbocycles. The summed E-state index contributed by atoms with van der Waals surface area (Å²) in [7, 11) is 0. The maximum absolute atomic E-state index is 12.2. The average molecular weight is 294 g/mol. The molecule has 114 valence electrons. The lowest BCUT2D eigenvalue weighted by Gasteiger charge is -2.19. The van der Waals surface area contributed by atoms with E-state index < -0.39 is 0 Å². The lowest BCUT2D eigenvalue weighted by atomic mass is 10.0. The summed E-state index contributed by atoms with van der Waals surface area (Å²) in [5, 5.41) is 6.08. The minimum atomic E-state index is -0.0960. The molecule has 2 N–H and O–H groups in total. The molecule has 0 radical (unpaired) electrons. The van der Waals surface area contributed by atoms with Gasteiger partial charge in [-0.25, -0.2) is 4.79 Å². The predicted molar refractivity (Wildman–Crippen MR) is 88.5 cm³/mol. The molecule has 0 aliphatic heterocycles. The molecular weight excluding hydrogens is 272 g/mol. The number of aryl methyl sites for hydroxylation is 1. The number of hydrogen-bond acceptors (Lipinski definition) is 1. The first-order valence-electron chi connectivity index (χ1n) is 7.87. The summed E-state index contributed by atoms with van der Waals surface area (Å²) in [4.78, 5) is 12.2. The van der Waals surface area contributed by atoms with Crippen molar-refractivity contribution in [2.75, 3.05) is 0 Å². The van der Waals surface area contributed by atoms with Gasteiger partial charge in [-0.1, -0.05) is 60.2 Å². The van der Waals surface area contributed by atoms with Crippen molar-refractivity contribution in [1.82, 2.24) is 10.6 Å². The van der Waals surface area contributed by atoms with Crippen molar-refractivity contribution < 1.29 is 4.79 Å². The Hall–Kier alpha value is -2.29. The Balaban J connectivity index is 1.56. The number of urea groups is 1. The lowest BCUT2D eigenvalue weighted by Crippen LogP contribution is -2.38. The monoisotopic (exact) mass is 294 g/mol. The summed E-state index contributed by atoms with van der Waals surface area (Å²) < 4.78 is 0. The van der Waals surface area contributed by atoms with E-state index in [0.29, 0.717) is 12.5 Å². The first kappa shape index (κ1) is 14.6. The second-order valence-corrected chi connectivity index (χ2v) is 6.04. The van der Waals surface area contributed by atoms with Gasteiger partial charge in [-0.05, 0) is 36.8 Å². The van der Waals surface area contributed by atoms with Gasteiger partial charge < -0.3 is 10.6 Å². The maximum Gasteiger partial charge on any atom is 0.315 e. The third-order valence-corrected chi connectivity index (χ3v) is 4.11. The zero-order chi connectivity index (χ0) is 15.4. The Labute approximate surface area is 131 Å². The molecule has 3 rings (SSSR count). The summed E-state index contributed by atoms with van der Waals surface area (Å²) in [6.07, 6.45) is 2.38. The van der Waals surface area contributed by atoms with Gasteiger partial charge in [0.05, 0.1) is 6.04 Å². The predicted octanol–water partition coefficient (Wildman–Crippen LogP) is 3.95. The molecule has 3 heteroatoms. The van der Waals surface area contributed by atoms with E-state index in [1.54, 1.807) is 0 Å². The Morgan fingerprint density at radius 1 is 1.09 bits per heavy atom. The van der Waals surface area contributed by atoms with Gasteiger partial charge in [0.25, 0.3) is 0 Å². The van der Waals surface area contributed by atoms with E-state index in [4.69, 9.17) is 0 Å². The van der Waals surface area contributed by atoms with Crippen LogP contribution in [0.1, 0.15) is 35.6 Å². The van der Waals surface area contributed by atoms with Gasteiger partial charge in [-0.3, -0.25) is 0 Å². The van der Waals surface area contributed by atoms with Gasteiger partial charge in [-0.15, -0.1) is 0 Å². The standard InChI is InChI=1S/C19H22N2O/c1-14-7-9-15(10-8-14)13-20-19(22)21-18(17-11-12-17)16-5-3-2-4-6-16/h2-10,17-18H,11-13H2,1H3,(H2,20,21,22)/t18-/m1/s1. The van der Waals surface area contributed by atoms with Crippen LogP contribution in [0.3, 0.4) is 0 Å². The van der Waals surface area contributed by atoms with E-state index >= 15 is 0 Å². The number of carbonyl (C=O) groups is 1. The summed E-state index contributed by atoms with van der Waals surface area (Å²) in [6.45, 7) is 2.61. The van der Waals surface area contributed by atoms with Gasteiger partial charge in [0.1, 0.15) is 0 Å². The van der Waals surface area contributed by atoms with Crippen LogP contribution < -0.4 is 10.6 Å². The molecule has 0 spiro atoms. The molecular formula is C19H22N2O. The van der Waals surface area contributed by atoms with E-state index in [-0.39, 0.29) is 12.1 Å². The van der Waals surface area contributed by atoms with Crippen molar-refractivity contribution >= 4 is 6.03 Å². The Morgan fingerprint density at radius 2 is 1.77 bits per heavy atom. The molecule has 1 aliphatic carbocycles. The normalized spacial score (nSPS) is 15.1. The molecule has 2 amide bonds. The third-order valence-electron chi connectivity index (χ3n) is 4.11. The summed E-state index contributed by atoms with van der Waals surface area (Å²) in [5.41, 5.74) is 3.53. The van der Waals surface area contributed by atoms with Gasteiger partial charge in [0.2, 0.25) is 0 Å².